The van der Waals surface area contributed by atoms with Gasteiger partial charge in [0.2, 0.25) is 5.91 Å². The molecule has 3 rings (SSSR count). The van der Waals surface area contributed by atoms with Crippen molar-refractivity contribution in [1.29, 1.82) is 0 Å². The van der Waals surface area contributed by atoms with Crippen LogP contribution in [0.2, 0.25) is 0 Å². The lowest BCUT2D eigenvalue weighted by Gasteiger charge is -2.32. The van der Waals surface area contributed by atoms with Crippen LogP contribution in [-0.4, -0.2) is 44.8 Å². The fraction of sp³-hybridized carbons (Fsp3) is 0.471. The molecule has 0 unspecified atom stereocenters. The number of piperidine rings is 1. The zero-order valence-electron chi connectivity index (χ0n) is 13.2. The molecule has 23 heavy (non-hydrogen) atoms. The fourth-order valence-corrected chi connectivity index (χ4v) is 2.81. The zero-order valence-corrected chi connectivity index (χ0v) is 13.2. The molecule has 1 aromatic carbocycles. The van der Waals surface area contributed by atoms with E-state index in [1.807, 2.05) is 35.2 Å². The average molecular weight is 314 g/mol. The lowest BCUT2D eigenvalue weighted by Crippen LogP contribution is -2.41. The number of hydrogen-bond donors (Lipinski definition) is 0. The topological polar surface area (TPSA) is 60.2 Å². The molecule has 6 nitrogen and oxygen atoms in total. The summed E-state index contributed by atoms with van der Waals surface area (Å²) in [5.74, 6) is 1.13. The Balaban J connectivity index is 1.37. The SMILES string of the molecule is O=C(CCCn1cncn1)N1CCC(Oc2ccccc2)CC1. The summed E-state index contributed by atoms with van der Waals surface area (Å²) < 4.78 is 7.71. The van der Waals surface area contributed by atoms with E-state index in [1.165, 1.54) is 6.33 Å². The molecule has 2 aromatic rings. The number of aryl methyl sites for hydroxylation is 1. The highest BCUT2D eigenvalue weighted by Crippen LogP contribution is 2.19. The normalized spacial score (nSPS) is 15.6. The summed E-state index contributed by atoms with van der Waals surface area (Å²) in [5.41, 5.74) is 0. The maximum absolute atomic E-state index is 12.2. The van der Waals surface area contributed by atoms with Crippen molar-refractivity contribution in [2.24, 2.45) is 0 Å². The van der Waals surface area contributed by atoms with E-state index < -0.39 is 0 Å². The zero-order chi connectivity index (χ0) is 15.9. The van der Waals surface area contributed by atoms with Crippen molar-refractivity contribution < 1.29 is 9.53 Å². The van der Waals surface area contributed by atoms with Crippen LogP contribution in [0.1, 0.15) is 25.7 Å². The molecule has 0 saturated carbocycles. The first-order valence-corrected chi connectivity index (χ1v) is 8.13. The van der Waals surface area contributed by atoms with Gasteiger partial charge in [0, 0.05) is 38.9 Å². The molecule has 1 amide bonds. The van der Waals surface area contributed by atoms with E-state index in [-0.39, 0.29) is 12.0 Å². The first-order chi connectivity index (χ1) is 11.3. The van der Waals surface area contributed by atoms with E-state index in [2.05, 4.69) is 10.1 Å². The Labute approximate surface area is 136 Å². The molecule has 2 heterocycles. The smallest absolute Gasteiger partial charge is 0.222 e. The first-order valence-electron chi connectivity index (χ1n) is 8.13. The summed E-state index contributed by atoms with van der Waals surface area (Å²) in [6.07, 6.45) is 6.53. The second kappa shape index (κ2) is 7.76. The second-order valence-electron chi connectivity index (χ2n) is 5.77. The second-order valence-corrected chi connectivity index (χ2v) is 5.77. The van der Waals surface area contributed by atoms with Crippen LogP contribution in [0.3, 0.4) is 0 Å². The van der Waals surface area contributed by atoms with Gasteiger partial charge in [-0.1, -0.05) is 18.2 Å². The maximum Gasteiger partial charge on any atom is 0.222 e. The van der Waals surface area contributed by atoms with Crippen molar-refractivity contribution in [2.45, 2.75) is 38.3 Å². The molecule has 0 aliphatic carbocycles. The molecule has 1 fully saturated rings. The number of para-hydroxylation sites is 1. The van der Waals surface area contributed by atoms with Crippen LogP contribution in [0.25, 0.3) is 0 Å². The molecular formula is C17H22N4O2. The van der Waals surface area contributed by atoms with Crippen LogP contribution in [0.15, 0.2) is 43.0 Å². The monoisotopic (exact) mass is 314 g/mol. The highest BCUT2D eigenvalue weighted by atomic mass is 16.5. The Morgan fingerprint density at radius 3 is 2.70 bits per heavy atom. The number of likely N-dealkylation sites (tertiary alicyclic amines) is 1. The van der Waals surface area contributed by atoms with E-state index in [0.29, 0.717) is 6.42 Å². The standard InChI is InChI=1S/C17H22N4O2/c22-17(7-4-10-21-14-18-13-19-21)20-11-8-16(9-12-20)23-15-5-2-1-3-6-15/h1-3,5-6,13-14,16H,4,7-12H2. The van der Waals surface area contributed by atoms with Crippen LogP contribution in [0, 0.1) is 0 Å². The van der Waals surface area contributed by atoms with Crippen LogP contribution in [0.4, 0.5) is 0 Å². The molecular weight excluding hydrogens is 292 g/mol. The number of amides is 1. The molecule has 122 valence electrons. The third kappa shape index (κ3) is 4.55. The molecule has 0 atom stereocenters. The summed E-state index contributed by atoms with van der Waals surface area (Å²) in [4.78, 5) is 18.1. The summed E-state index contributed by atoms with van der Waals surface area (Å²) in [6.45, 7) is 2.29. The van der Waals surface area contributed by atoms with Crippen molar-refractivity contribution in [3.05, 3.63) is 43.0 Å². The van der Waals surface area contributed by atoms with Crippen LogP contribution in [-0.2, 0) is 11.3 Å². The van der Waals surface area contributed by atoms with E-state index in [9.17, 15) is 4.79 Å². The third-order valence-electron chi connectivity index (χ3n) is 4.09. The minimum atomic E-state index is 0.205. The molecule has 1 aliphatic heterocycles. The molecule has 1 saturated heterocycles. The lowest BCUT2D eigenvalue weighted by atomic mass is 10.1. The van der Waals surface area contributed by atoms with Crippen LogP contribution < -0.4 is 4.74 Å². The Morgan fingerprint density at radius 2 is 2.00 bits per heavy atom. The molecule has 0 bridgehead atoms. The Kier molecular flexibility index (Phi) is 5.24. The summed E-state index contributed by atoms with van der Waals surface area (Å²) in [6, 6.07) is 9.88. The van der Waals surface area contributed by atoms with E-state index in [1.54, 1.807) is 11.0 Å². The van der Waals surface area contributed by atoms with Crippen LogP contribution in [0.5, 0.6) is 5.75 Å². The Hall–Kier alpha value is -2.37. The number of nitrogens with zero attached hydrogens (tertiary/aromatic N) is 4. The van der Waals surface area contributed by atoms with Gasteiger partial charge in [0.25, 0.3) is 0 Å². The van der Waals surface area contributed by atoms with E-state index >= 15 is 0 Å². The molecule has 1 aromatic heterocycles. The Bertz CT molecular complexity index is 592. The van der Waals surface area contributed by atoms with Crippen molar-refractivity contribution >= 4 is 5.91 Å². The van der Waals surface area contributed by atoms with Gasteiger partial charge in [0.15, 0.2) is 0 Å². The highest BCUT2D eigenvalue weighted by molar-refractivity contribution is 5.76. The van der Waals surface area contributed by atoms with Gasteiger partial charge in [-0.05, 0) is 18.6 Å². The summed E-state index contributed by atoms with van der Waals surface area (Å²) >= 11 is 0. The van der Waals surface area contributed by atoms with Gasteiger partial charge in [-0.2, -0.15) is 5.10 Å². The van der Waals surface area contributed by atoms with Crippen molar-refractivity contribution in [3.8, 4) is 5.75 Å². The number of hydrogen-bond acceptors (Lipinski definition) is 4. The van der Waals surface area contributed by atoms with Gasteiger partial charge >= 0.3 is 0 Å². The number of carbonyl (C=O) groups excluding carboxylic acids is 1. The quantitative estimate of drug-likeness (QED) is 0.819. The number of aromatic nitrogens is 3. The van der Waals surface area contributed by atoms with Crippen molar-refractivity contribution in [3.63, 3.8) is 0 Å². The number of ether oxygens (including phenoxy) is 1. The van der Waals surface area contributed by atoms with E-state index in [4.69, 9.17) is 4.74 Å². The fourth-order valence-electron chi connectivity index (χ4n) is 2.81. The third-order valence-corrected chi connectivity index (χ3v) is 4.09. The van der Waals surface area contributed by atoms with Gasteiger partial charge in [0.05, 0.1) is 0 Å². The predicted molar refractivity (Wildman–Crippen MR) is 85.9 cm³/mol. The van der Waals surface area contributed by atoms with Crippen molar-refractivity contribution in [1.82, 2.24) is 19.7 Å². The molecule has 6 heteroatoms. The van der Waals surface area contributed by atoms with Crippen molar-refractivity contribution in [2.75, 3.05) is 13.1 Å². The minimum Gasteiger partial charge on any atom is -0.490 e. The predicted octanol–water partition coefficient (Wildman–Crippen LogP) is 2.13. The van der Waals surface area contributed by atoms with Gasteiger partial charge in [-0.15, -0.1) is 0 Å². The average Bonchev–Trinajstić information content (AvgIpc) is 3.10. The largest absolute Gasteiger partial charge is 0.490 e. The summed E-state index contributed by atoms with van der Waals surface area (Å²) in [5, 5.41) is 4.04. The Morgan fingerprint density at radius 1 is 1.22 bits per heavy atom. The molecule has 0 spiro atoms. The number of rotatable bonds is 6. The van der Waals surface area contributed by atoms with E-state index in [0.717, 1.165) is 44.6 Å². The first kappa shape index (κ1) is 15.5. The van der Waals surface area contributed by atoms with Crippen LogP contribution >= 0.6 is 0 Å². The minimum absolute atomic E-state index is 0.205. The maximum atomic E-state index is 12.2. The highest BCUT2D eigenvalue weighted by Gasteiger charge is 2.23. The molecule has 0 N–H and O–H groups in total. The molecule has 0 radical (unpaired) electrons. The van der Waals surface area contributed by atoms with Gasteiger partial charge in [0.1, 0.15) is 24.5 Å². The van der Waals surface area contributed by atoms with Gasteiger partial charge < -0.3 is 9.64 Å². The van der Waals surface area contributed by atoms with Gasteiger partial charge in [-0.25, -0.2) is 4.98 Å². The number of carbonyl (C=O) groups is 1. The molecule has 1 aliphatic rings. The summed E-state index contributed by atoms with van der Waals surface area (Å²) in [7, 11) is 0. The van der Waals surface area contributed by atoms with Gasteiger partial charge in [-0.3, -0.25) is 9.48 Å². The number of benzene rings is 1. The lowest BCUT2D eigenvalue weighted by molar-refractivity contribution is -0.133.